The number of hydrogen-bond donors (Lipinski definition) is 2. The Morgan fingerprint density at radius 1 is 0.845 bits per heavy atom. The van der Waals surface area contributed by atoms with Gasteiger partial charge in [0.05, 0.1) is 19.7 Å². The van der Waals surface area contributed by atoms with Gasteiger partial charge >= 0.3 is 6.03 Å². The van der Waals surface area contributed by atoms with Crippen molar-refractivity contribution in [2.24, 2.45) is 0 Å². The van der Waals surface area contributed by atoms with E-state index < -0.39 is 18.2 Å². The molecule has 2 N–H and O–H groups in total. The van der Waals surface area contributed by atoms with Crippen molar-refractivity contribution in [1.82, 2.24) is 25.1 Å². The number of hydrazine groups is 1. The quantitative estimate of drug-likeness (QED) is 0.0769. The van der Waals surface area contributed by atoms with E-state index in [0.29, 0.717) is 23.4 Å². The van der Waals surface area contributed by atoms with Gasteiger partial charge < -0.3 is 25.2 Å². The third-order valence-electron chi connectivity index (χ3n) is 10.6. The molecule has 2 atom stereocenters. The molecule has 0 spiro atoms. The summed E-state index contributed by atoms with van der Waals surface area (Å²) in [7, 11) is 3.22. The lowest BCUT2D eigenvalue weighted by Crippen LogP contribution is -2.69. The summed E-state index contributed by atoms with van der Waals surface area (Å²) in [5.74, 6) is 0.182. The Hall–Kier alpha value is -7.23. The van der Waals surface area contributed by atoms with Crippen molar-refractivity contribution in [3.05, 3.63) is 156 Å². The number of nitrogens with zero attached hydrogens (tertiary/aromatic N) is 5. The van der Waals surface area contributed by atoms with E-state index in [0.717, 1.165) is 38.2 Å². The number of ether oxygens (including phenoxy) is 1. The van der Waals surface area contributed by atoms with Crippen molar-refractivity contribution < 1.29 is 23.9 Å². The Balaban J connectivity index is 1.14. The Morgan fingerprint density at radius 2 is 1.48 bits per heavy atom. The topological polar surface area (TPSA) is 138 Å². The Kier molecular flexibility index (Phi) is 11.9. The number of hydrogen-bond acceptors (Lipinski definition) is 7. The number of methoxy groups -OCH3 is 1. The normalized spacial score (nSPS) is 15.2. The maximum atomic E-state index is 14.5. The van der Waals surface area contributed by atoms with E-state index in [1.165, 1.54) is 9.91 Å². The number of amides is 5. The summed E-state index contributed by atoms with van der Waals surface area (Å²) in [6, 6.07) is 42.2. The first-order valence-electron chi connectivity index (χ1n) is 18.9. The second-order valence-corrected chi connectivity index (χ2v) is 14.1. The van der Waals surface area contributed by atoms with E-state index in [2.05, 4.69) is 16.7 Å². The Bertz CT molecular complexity index is 2470. The third kappa shape index (κ3) is 8.45. The van der Waals surface area contributed by atoms with Gasteiger partial charge in [0.2, 0.25) is 12.3 Å². The predicted octanol–water partition coefficient (Wildman–Crippen LogP) is 6.57. The lowest BCUT2D eigenvalue weighted by atomic mass is 9.98. The fourth-order valence-corrected chi connectivity index (χ4v) is 7.49. The highest BCUT2D eigenvalue weighted by Crippen LogP contribution is 2.28. The molecule has 6 aromatic carbocycles. The molecule has 0 aromatic heterocycles. The van der Waals surface area contributed by atoms with Gasteiger partial charge in [0.25, 0.3) is 5.91 Å². The summed E-state index contributed by atoms with van der Waals surface area (Å²) in [6.45, 7) is 0.213. The van der Waals surface area contributed by atoms with Crippen LogP contribution in [0.5, 0.6) is 5.75 Å². The molecule has 6 aromatic rings. The number of carbonyl (C=O) groups is 4. The zero-order valence-electron chi connectivity index (χ0n) is 32.2. The number of nitrogens with one attached hydrogen (secondary N) is 2. The fraction of sp³-hybridized carbons (Fsp3) is 0.196. The minimum atomic E-state index is -0.948. The zero-order chi connectivity index (χ0) is 40.6. The van der Waals surface area contributed by atoms with Crippen LogP contribution >= 0.6 is 0 Å². The lowest BCUT2D eigenvalue weighted by Gasteiger charge is -2.49. The Labute approximate surface area is 336 Å². The van der Waals surface area contributed by atoms with Crippen LogP contribution in [0.25, 0.3) is 21.5 Å². The van der Waals surface area contributed by atoms with Gasteiger partial charge in [-0.3, -0.25) is 14.4 Å². The molecule has 12 nitrogen and oxygen atoms in total. The van der Waals surface area contributed by atoms with Crippen molar-refractivity contribution >= 4 is 51.5 Å². The molecule has 0 bridgehead atoms. The van der Waals surface area contributed by atoms with Crippen molar-refractivity contribution in [2.45, 2.75) is 31.7 Å². The van der Waals surface area contributed by atoms with E-state index in [9.17, 15) is 24.4 Å². The van der Waals surface area contributed by atoms with E-state index in [4.69, 9.17) is 4.74 Å². The summed E-state index contributed by atoms with van der Waals surface area (Å²) in [5, 5.41) is 22.3. The first-order chi connectivity index (χ1) is 28.3. The fourth-order valence-electron chi connectivity index (χ4n) is 7.49. The van der Waals surface area contributed by atoms with Gasteiger partial charge in [0.1, 0.15) is 24.5 Å². The molecule has 0 aliphatic carbocycles. The van der Waals surface area contributed by atoms with Gasteiger partial charge in [-0.15, -0.1) is 0 Å². The summed E-state index contributed by atoms with van der Waals surface area (Å²) >= 11 is 0. The maximum absolute atomic E-state index is 14.5. The number of nitriles is 1. The van der Waals surface area contributed by atoms with E-state index in [-0.39, 0.29) is 44.4 Å². The number of piperazine rings is 1. The second kappa shape index (κ2) is 17.7. The first kappa shape index (κ1) is 39.0. The number of urea groups is 1. The second-order valence-electron chi connectivity index (χ2n) is 14.1. The average molecular weight is 774 g/mol. The molecular weight excluding hydrogens is 731 g/mol. The minimum absolute atomic E-state index is 0.0701. The lowest BCUT2D eigenvalue weighted by molar-refractivity contribution is -0.166. The number of anilines is 1. The van der Waals surface area contributed by atoms with Gasteiger partial charge in [-0.2, -0.15) is 10.3 Å². The standard InChI is InChI=1S/C46H43N7O5/c1-50(53(26-25-47)46(57)48-28-33-19-23-38(58-2)24-20-33)43-30-51(29-36-13-7-11-34-9-3-5-14-39(34)36)45(56)42(52(43)31-54)27-32-17-21-37(22-18-32)49-44(55)41-16-8-12-35-10-4-6-15-40(35)41/h3-24,31,42-43H,26-30H2,1-2H3,(H,48,57)(H,49,55)/t42-,43+/m0/s1. The van der Waals surface area contributed by atoms with Crippen LogP contribution in [0, 0.1) is 11.3 Å². The van der Waals surface area contributed by atoms with Crippen molar-refractivity contribution in [1.29, 1.82) is 5.26 Å². The number of rotatable bonds is 13. The zero-order valence-corrected chi connectivity index (χ0v) is 32.2. The molecule has 1 aliphatic rings. The minimum Gasteiger partial charge on any atom is -0.497 e. The van der Waals surface area contributed by atoms with Crippen LogP contribution in [0.1, 0.15) is 27.0 Å². The van der Waals surface area contributed by atoms with Crippen molar-refractivity contribution in [3.63, 3.8) is 0 Å². The van der Waals surface area contributed by atoms with Crippen LogP contribution in [-0.2, 0) is 29.1 Å². The van der Waals surface area contributed by atoms with Gasteiger partial charge in [-0.1, -0.05) is 103 Å². The highest BCUT2D eigenvalue weighted by atomic mass is 16.5. The molecule has 0 saturated carbocycles. The van der Waals surface area contributed by atoms with Crippen LogP contribution < -0.4 is 15.4 Å². The molecule has 1 fully saturated rings. The van der Waals surface area contributed by atoms with Crippen LogP contribution in [0.4, 0.5) is 10.5 Å². The SMILES string of the molecule is COc1ccc(CNC(=O)N(CC#N)N(C)[C@H]2CN(Cc3cccc4ccccc34)C(=O)[C@H](Cc3ccc(NC(=O)c4cccc5ccccc45)cc3)N2C=O)cc1. The highest BCUT2D eigenvalue weighted by molar-refractivity contribution is 6.12. The van der Waals surface area contributed by atoms with Gasteiger partial charge in [0, 0.05) is 37.8 Å². The monoisotopic (exact) mass is 773 g/mol. The number of likely N-dealkylation sites (N-methyl/N-ethyl adjacent to an activating group) is 1. The largest absolute Gasteiger partial charge is 0.497 e. The molecule has 0 unspecified atom stereocenters. The molecule has 1 heterocycles. The summed E-state index contributed by atoms with van der Waals surface area (Å²) in [6.07, 6.45) is -0.0140. The number of carbonyl (C=O) groups excluding carboxylic acids is 4. The van der Waals surface area contributed by atoms with Gasteiger partial charge in [0.15, 0.2) is 0 Å². The molecule has 58 heavy (non-hydrogen) atoms. The smallest absolute Gasteiger partial charge is 0.333 e. The third-order valence-corrected chi connectivity index (χ3v) is 10.6. The maximum Gasteiger partial charge on any atom is 0.333 e. The van der Waals surface area contributed by atoms with E-state index in [1.54, 1.807) is 54.4 Å². The van der Waals surface area contributed by atoms with Gasteiger partial charge in [-0.25, -0.2) is 9.80 Å². The summed E-state index contributed by atoms with van der Waals surface area (Å²) in [5.41, 5.74) is 3.65. The van der Waals surface area contributed by atoms with Crippen molar-refractivity contribution in [3.8, 4) is 11.8 Å². The first-order valence-corrected chi connectivity index (χ1v) is 18.9. The van der Waals surface area contributed by atoms with Crippen LogP contribution in [0.2, 0.25) is 0 Å². The number of benzene rings is 6. The van der Waals surface area contributed by atoms with Crippen LogP contribution in [0.3, 0.4) is 0 Å². The molecule has 5 amide bonds. The molecule has 0 radical (unpaired) electrons. The molecule has 1 saturated heterocycles. The molecule has 7 rings (SSSR count). The Morgan fingerprint density at radius 3 is 2.17 bits per heavy atom. The molecular formula is C46H43N7O5. The van der Waals surface area contributed by atoms with Crippen molar-refractivity contribution in [2.75, 3.05) is 32.6 Å². The summed E-state index contributed by atoms with van der Waals surface area (Å²) in [4.78, 5) is 57.8. The summed E-state index contributed by atoms with van der Waals surface area (Å²) < 4.78 is 5.24. The van der Waals surface area contributed by atoms with E-state index >= 15 is 0 Å². The van der Waals surface area contributed by atoms with E-state index in [1.807, 2.05) is 103 Å². The highest BCUT2D eigenvalue weighted by Gasteiger charge is 2.43. The molecule has 292 valence electrons. The predicted molar refractivity (Wildman–Crippen MR) is 222 cm³/mol. The number of fused-ring (bicyclic) bond motifs is 2. The molecule has 12 heteroatoms. The average Bonchev–Trinajstić information content (AvgIpc) is 3.26. The van der Waals surface area contributed by atoms with Crippen LogP contribution in [-0.4, -0.2) is 83.5 Å². The van der Waals surface area contributed by atoms with Crippen LogP contribution in [0.15, 0.2) is 133 Å². The van der Waals surface area contributed by atoms with Gasteiger partial charge in [-0.05, 0) is 68.6 Å². The molecule has 1 aliphatic heterocycles.